The summed E-state index contributed by atoms with van der Waals surface area (Å²) in [4.78, 5) is 3.67. The van der Waals surface area contributed by atoms with Crippen LogP contribution in [0, 0.1) is 12.1 Å². The lowest BCUT2D eigenvalue weighted by atomic mass is 10.5. The predicted octanol–water partition coefficient (Wildman–Crippen LogP) is -0.271. The van der Waals surface area contributed by atoms with Crippen molar-refractivity contribution in [2.45, 2.75) is 6.92 Å². The normalized spacial score (nSPS) is 9.44. The number of nitrogens with zero attached hydrogens (tertiary/aromatic N) is 2. The fourth-order valence-corrected chi connectivity index (χ4v) is 0.493. The Labute approximate surface area is 52.0 Å². The molecule has 0 saturated carbocycles. The molecule has 1 rings (SSSR count). The number of aryl methyl sites for hydroxylation is 1. The van der Waals surface area contributed by atoms with Gasteiger partial charge in [0.1, 0.15) is 0 Å². The first-order chi connectivity index (χ1) is 4.22. The zero-order valence-electron chi connectivity index (χ0n) is 4.90. The molecule has 4 heteroatoms. The third-order valence-electron chi connectivity index (χ3n) is 1.00. The number of hydrogen-bond donors (Lipinski definition) is 1. The van der Waals surface area contributed by atoms with Crippen molar-refractivity contribution in [1.82, 2.24) is 4.98 Å². The second-order valence-corrected chi connectivity index (χ2v) is 1.66. The van der Waals surface area contributed by atoms with E-state index in [1.165, 1.54) is 6.20 Å². The van der Waals surface area contributed by atoms with Crippen LogP contribution in [0.15, 0.2) is 12.4 Å². The highest BCUT2D eigenvalue weighted by Gasteiger charge is 2.04. The first-order valence-electron chi connectivity index (χ1n) is 2.45. The molecule has 48 valence electrons. The fraction of sp³-hybridized carbons (Fsp3) is 0.200. The Morgan fingerprint density at radius 3 is 2.89 bits per heavy atom. The van der Waals surface area contributed by atoms with E-state index in [1.54, 1.807) is 6.92 Å². The molecule has 0 radical (unpaired) electrons. The lowest BCUT2D eigenvalue weighted by molar-refractivity contribution is -0.614. The van der Waals surface area contributed by atoms with E-state index in [4.69, 9.17) is 5.11 Å². The van der Waals surface area contributed by atoms with Crippen LogP contribution < -0.4 is 4.73 Å². The molecule has 0 atom stereocenters. The molecule has 0 spiro atoms. The van der Waals surface area contributed by atoms with Crippen molar-refractivity contribution in [1.29, 1.82) is 0 Å². The van der Waals surface area contributed by atoms with Gasteiger partial charge in [0.15, 0.2) is 5.69 Å². The van der Waals surface area contributed by atoms with Crippen molar-refractivity contribution in [3.63, 3.8) is 0 Å². The highest BCUT2D eigenvalue weighted by Crippen LogP contribution is 2.01. The third kappa shape index (κ3) is 0.910. The van der Waals surface area contributed by atoms with Gasteiger partial charge in [-0.1, -0.05) is 0 Å². The first kappa shape index (κ1) is 5.81. The molecule has 0 bridgehead atoms. The minimum Gasteiger partial charge on any atom is -0.616 e. The third-order valence-corrected chi connectivity index (χ3v) is 1.00. The van der Waals surface area contributed by atoms with Gasteiger partial charge in [-0.25, -0.2) is 4.98 Å². The van der Waals surface area contributed by atoms with Gasteiger partial charge in [-0.2, -0.15) is 0 Å². The van der Waals surface area contributed by atoms with E-state index in [0.29, 0.717) is 10.4 Å². The van der Waals surface area contributed by atoms with E-state index in [1.807, 2.05) is 0 Å². The van der Waals surface area contributed by atoms with E-state index in [2.05, 4.69) is 4.98 Å². The zero-order chi connectivity index (χ0) is 6.85. The average Bonchev–Trinajstić information content (AvgIpc) is 1.83. The average molecular weight is 126 g/mol. The number of hydrogen-bond acceptors (Lipinski definition) is 3. The number of rotatable bonds is 0. The molecule has 0 saturated heterocycles. The van der Waals surface area contributed by atoms with Crippen LogP contribution in [-0.4, -0.2) is 10.1 Å². The largest absolute Gasteiger partial charge is 0.616 e. The van der Waals surface area contributed by atoms with Crippen LogP contribution in [-0.2, 0) is 0 Å². The molecule has 1 heterocycles. The molecular formula is C5H6N2O2. The summed E-state index contributed by atoms with van der Waals surface area (Å²) in [6.45, 7) is 1.56. The second kappa shape index (κ2) is 1.89. The van der Waals surface area contributed by atoms with Crippen LogP contribution >= 0.6 is 0 Å². The fourth-order valence-electron chi connectivity index (χ4n) is 0.493. The Balaban J connectivity index is 3.25. The van der Waals surface area contributed by atoms with Gasteiger partial charge in [0.25, 0.3) is 0 Å². The van der Waals surface area contributed by atoms with Gasteiger partial charge in [0, 0.05) is 0 Å². The van der Waals surface area contributed by atoms with E-state index >= 15 is 0 Å². The SMILES string of the molecule is Cc1ncc[n+]([O-])c1O. The molecule has 9 heavy (non-hydrogen) atoms. The molecule has 0 fully saturated rings. The van der Waals surface area contributed by atoms with Gasteiger partial charge < -0.3 is 10.3 Å². The summed E-state index contributed by atoms with van der Waals surface area (Å²) in [6, 6.07) is 0. The summed E-state index contributed by atoms with van der Waals surface area (Å²) < 4.78 is 0.363. The minimum atomic E-state index is -0.336. The topological polar surface area (TPSA) is 60.1 Å². The molecule has 1 aromatic rings. The van der Waals surface area contributed by atoms with Crippen molar-refractivity contribution in [2.75, 3.05) is 0 Å². The molecule has 0 unspecified atom stereocenters. The number of aromatic nitrogens is 2. The Morgan fingerprint density at radius 1 is 1.78 bits per heavy atom. The maximum Gasteiger partial charge on any atom is 0.398 e. The van der Waals surface area contributed by atoms with E-state index < -0.39 is 0 Å². The van der Waals surface area contributed by atoms with Crippen LogP contribution in [0.5, 0.6) is 5.88 Å². The van der Waals surface area contributed by atoms with Gasteiger partial charge in [-0.05, 0) is 6.92 Å². The van der Waals surface area contributed by atoms with Crippen molar-refractivity contribution >= 4 is 0 Å². The Hall–Kier alpha value is -1.32. The van der Waals surface area contributed by atoms with Crippen molar-refractivity contribution in [2.24, 2.45) is 0 Å². The highest BCUT2D eigenvalue weighted by molar-refractivity contribution is 5.06. The monoisotopic (exact) mass is 126 g/mol. The summed E-state index contributed by atoms with van der Waals surface area (Å²) in [5.74, 6) is -0.336. The molecular weight excluding hydrogens is 120 g/mol. The van der Waals surface area contributed by atoms with Gasteiger partial charge in [0.05, 0.1) is 6.20 Å². The minimum absolute atomic E-state index is 0.336. The van der Waals surface area contributed by atoms with Gasteiger partial charge in [0.2, 0.25) is 6.20 Å². The van der Waals surface area contributed by atoms with E-state index in [0.717, 1.165) is 6.20 Å². The maximum absolute atomic E-state index is 10.5. The summed E-state index contributed by atoms with van der Waals surface area (Å²) >= 11 is 0. The van der Waals surface area contributed by atoms with Gasteiger partial charge in [-0.15, -0.1) is 4.73 Å². The predicted molar refractivity (Wildman–Crippen MR) is 29.6 cm³/mol. The summed E-state index contributed by atoms with van der Waals surface area (Å²) in [6.07, 6.45) is 2.48. The van der Waals surface area contributed by atoms with Crippen LogP contribution in [0.3, 0.4) is 0 Å². The van der Waals surface area contributed by atoms with E-state index in [9.17, 15) is 5.21 Å². The Bertz CT molecular complexity index is 204. The summed E-state index contributed by atoms with van der Waals surface area (Å²) in [5, 5.41) is 19.3. The quantitative estimate of drug-likeness (QED) is 0.384. The van der Waals surface area contributed by atoms with Crippen LogP contribution in [0.4, 0.5) is 0 Å². The molecule has 0 aromatic carbocycles. The van der Waals surface area contributed by atoms with Crippen molar-refractivity contribution in [3.8, 4) is 5.88 Å². The van der Waals surface area contributed by atoms with Gasteiger partial charge >= 0.3 is 5.88 Å². The molecule has 0 aliphatic rings. The molecule has 1 N–H and O–H groups in total. The highest BCUT2D eigenvalue weighted by atomic mass is 16.5. The Kier molecular flexibility index (Phi) is 1.22. The molecule has 4 nitrogen and oxygen atoms in total. The lowest BCUT2D eigenvalue weighted by Gasteiger charge is -1.97. The smallest absolute Gasteiger partial charge is 0.398 e. The standard InChI is InChI=1S/C5H6N2O2/c1-4-5(8)7(9)3-2-6-4/h2-3,8H,1H3. The second-order valence-electron chi connectivity index (χ2n) is 1.66. The molecule has 0 aliphatic carbocycles. The lowest BCUT2D eigenvalue weighted by Crippen LogP contribution is -2.26. The Morgan fingerprint density at radius 2 is 2.44 bits per heavy atom. The summed E-state index contributed by atoms with van der Waals surface area (Å²) in [5.41, 5.74) is 0.340. The molecule has 0 aliphatic heterocycles. The first-order valence-corrected chi connectivity index (χ1v) is 2.45. The van der Waals surface area contributed by atoms with Crippen molar-refractivity contribution < 1.29 is 9.84 Å². The molecule has 1 aromatic heterocycles. The van der Waals surface area contributed by atoms with Crippen molar-refractivity contribution in [3.05, 3.63) is 23.3 Å². The van der Waals surface area contributed by atoms with Crippen LogP contribution in [0.25, 0.3) is 0 Å². The van der Waals surface area contributed by atoms with Crippen LogP contribution in [0.1, 0.15) is 5.69 Å². The number of aromatic hydroxyl groups is 1. The van der Waals surface area contributed by atoms with Gasteiger partial charge in [-0.3, -0.25) is 0 Å². The summed E-state index contributed by atoms with van der Waals surface area (Å²) in [7, 11) is 0. The molecule has 0 amide bonds. The maximum atomic E-state index is 10.5. The van der Waals surface area contributed by atoms with Crippen LogP contribution in [0.2, 0.25) is 0 Å². The zero-order valence-corrected chi connectivity index (χ0v) is 4.90. The van der Waals surface area contributed by atoms with E-state index in [-0.39, 0.29) is 5.88 Å².